The first-order valence-corrected chi connectivity index (χ1v) is 16.7. The van der Waals surface area contributed by atoms with Gasteiger partial charge in [0.2, 0.25) is 5.91 Å². The lowest BCUT2D eigenvalue weighted by Gasteiger charge is -2.33. The van der Waals surface area contributed by atoms with Crippen molar-refractivity contribution in [1.29, 1.82) is 0 Å². The minimum Gasteiger partial charge on any atom is -0.393 e. The van der Waals surface area contributed by atoms with Gasteiger partial charge in [0, 0.05) is 39.0 Å². The summed E-state index contributed by atoms with van der Waals surface area (Å²) in [6, 6.07) is 0. The van der Waals surface area contributed by atoms with E-state index in [4.69, 9.17) is 18.9 Å². The van der Waals surface area contributed by atoms with Gasteiger partial charge < -0.3 is 29.4 Å². The van der Waals surface area contributed by atoms with Crippen LogP contribution in [0.3, 0.4) is 0 Å². The van der Waals surface area contributed by atoms with Gasteiger partial charge in [-0.1, -0.05) is 57.1 Å². The standard InChI is InChI=1S/C33H57NO6/c1-25(35)34-21-11-4-2-3-8-16-27-28(31(24-29(27)36)40-33-18-10-13-23-38-33)19-20-30(26-14-6-5-7-15-26)39-32-17-9-12-22-37-32/h19-20,26-33,36H,2-18,21-24H2,1H3,(H,34,35)/b20-19+/t27-,28-,29?,30+,31-,32?,33?/m1/s1. The van der Waals surface area contributed by atoms with Crippen molar-refractivity contribution in [2.45, 2.75) is 153 Å². The Hall–Kier alpha value is -0.990. The molecule has 1 amide bonds. The topological polar surface area (TPSA) is 86.3 Å². The summed E-state index contributed by atoms with van der Waals surface area (Å²) in [4.78, 5) is 11.1. The molecule has 230 valence electrons. The molecule has 40 heavy (non-hydrogen) atoms. The smallest absolute Gasteiger partial charge is 0.216 e. The van der Waals surface area contributed by atoms with Crippen molar-refractivity contribution in [2.75, 3.05) is 19.8 Å². The summed E-state index contributed by atoms with van der Waals surface area (Å²) in [5.74, 6) is 0.954. The normalized spacial score (nSPS) is 32.9. The van der Waals surface area contributed by atoms with Crippen LogP contribution in [-0.2, 0) is 23.7 Å². The highest BCUT2D eigenvalue weighted by Gasteiger charge is 2.43. The molecule has 2 N–H and O–H groups in total. The van der Waals surface area contributed by atoms with E-state index in [-0.39, 0.29) is 48.6 Å². The molecule has 2 heterocycles. The van der Waals surface area contributed by atoms with Crippen molar-refractivity contribution in [1.82, 2.24) is 5.32 Å². The van der Waals surface area contributed by atoms with E-state index in [2.05, 4.69) is 17.5 Å². The Morgan fingerprint density at radius 3 is 2.27 bits per heavy atom. The molecule has 3 unspecified atom stereocenters. The molecule has 2 saturated carbocycles. The Labute approximate surface area is 243 Å². The Bertz CT molecular complexity index is 728. The third-order valence-corrected chi connectivity index (χ3v) is 9.53. The Morgan fingerprint density at radius 2 is 1.57 bits per heavy atom. The van der Waals surface area contributed by atoms with Crippen LogP contribution in [-0.4, -0.2) is 61.7 Å². The second-order valence-electron chi connectivity index (χ2n) is 12.7. The molecule has 2 aliphatic heterocycles. The molecule has 0 aromatic carbocycles. The number of nitrogens with one attached hydrogen (secondary N) is 1. The highest BCUT2D eigenvalue weighted by atomic mass is 16.7. The molecule has 4 fully saturated rings. The number of amides is 1. The number of carbonyl (C=O) groups excluding carboxylic acids is 1. The molecule has 2 saturated heterocycles. The zero-order valence-corrected chi connectivity index (χ0v) is 25.1. The van der Waals surface area contributed by atoms with Crippen molar-refractivity contribution >= 4 is 5.91 Å². The molecule has 0 bridgehead atoms. The van der Waals surface area contributed by atoms with E-state index in [1.54, 1.807) is 6.92 Å². The number of aliphatic hydroxyl groups is 1. The Morgan fingerprint density at radius 1 is 0.900 bits per heavy atom. The van der Waals surface area contributed by atoms with Crippen LogP contribution in [0, 0.1) is 17.8 Å². The molecule has 4 rings (SSSR count). The van der Waals surface area contributed by atoms with Gasteiger partial charge >= 0.3 is 0 Å². The van der Waals surface area contributed by atoms with Gasteiger partial charge in [0.1, 0.15) is 0 Å². The van der Waals surface area contributed by atoms with E-state index in [0.29, 0.717) is 12.3 Å². The Balaban J connectivity index is 1.37. The summed E-state index contributed by atoms with van der Waals surface area (Å²) in [5, 5.41) is 14.1. The largest absolute Gasteiger partial charge is 0.393 e. The maximum absolute atomic E-state index is 11.2. The number of hydrogen-bond acceptors (Lipinski definition) is 6. The van der Waals surface area contributed by atoms with Crippen molar-refractivity contribution in [3.05, 3.63) is 12.2 Å². The lowest BCUT2D eigenvalue weighted by molar-refractivity contribution is -0.193. The van der Waals surface area contributed by atoms with E-state index in [0.717, 1.165) is 90.4 Å². The molecular weight excluding hydrogens is 506 g/mol. The van der Waals surface area contributed by atoms with Crippen LogP contribution >= 0.6 is 0 Å². The van der Waals surface area contributed by atoms with Gasteiger partial charge in [-0.05, 0) is 76.0 Å². The lowest BCUT2D eigenvalue weighted by Crippen LogP contribution is -2.33. The quantitative estimate of drug-likeness (QED) is 0.177. The van der Waals surface area contributed by atoms with Gasteiger partial charge in [0.25, 0.3) is 0 Å². The van der Waals surface area contributed by atoms with Crippen LogP contribution in [0.4, 0.5) is 0 Å². The van der Waals surface area contributed by atoms with E-state index in [1.807, 2.05) is 0 Å². The van der Waals surface area contributed by atoms with Gasteiger partial charge in [-0.2, -0.15) is 0 Å². The minimum atomic E-state index is -0.348. The number of unbranched alkanes of at least 4 members (excludes halogenated alkanes) is 4. The fourth-order valence-corrected chi connectivity index (χ4v) is 7.22. The van der Waals surface area contributed by atoms with Crippen molar-refractivity contribution in [3.63, 3.8) is 0 Å². The predicted octanol–water partition coefficient (Wildman–Crippen LogP) is 6.42. The van der Waals surface area contributed by atoms with Crippen molar-refractivity contribution in [2.24, 2.45) is 17.8 Å². The SMILES string of the molecule is CC(=O)NCCCCCCC[C@H]1C(O)C[C@@H](OC2CCCCO2)[C@@H]1/C=C/[C@H](OC1CCCCO1)C1CCCCC1. The van der Waals surface area contributed by atoms with E-state index >= 15 is 0 Å². The maximum Gasteiger partial charge on any atom is 0.216 e. The summed E-state index contributed by atoms with van der Waals surface area (Å²) in [6.07, 6.45) is 24.2. The highest BCUT2D eigenvalue weighted by Crippen LogP contribution is 2.41. The minimum absolute atomic E-state index is 0.0186. The van der Waals surface area contributed by atoms with E-state index in [9.17, 15) is 9.90 Å². The van der Waals surface area contributed by atoms with Crippen LogP contribution in [0.5, 0.6) is 0 Å². The van der Waals surface area contributed by atoms with Gasteiger partial charge in [0.05, 0.1) is 18.3 Å². The molecule has 7 nitrogen and oxygen atoms in total. The number of carbonyl (C=O) groups is 1. The van der Waals surface area contributed by atoms with Gasteiger partial charge in [-0.3, -0.25) is 4.79 Å². The van der Waals surface area contributed by atoms with Gasteiger partial charge in [-0.15, -0.1) is 0 Å². The first-order valence-electron chi connectivity index (χ1n) is 16.7. The van der Waals surface area contributed by atoms with Crippen LogP contribution in [0.2, 0.25) is 0 Å². The first-order chi connectivity index (χ1) is 19.6. The number of ether oxygens (including phenoxy) is 4. The van der Waals surface area contributed by atoms with Crippen LogP contribution in [0.25, 0.3) is 0 Å². The number of aliphatic hydroxyl groups excluding tert-OH is 1. The van der Waals surface area contributed by atoms with E-state index < -0.39 is 0 Å². The predicted molar refractivity (Wildman–Crippen MR) is 157 cm³/mol. The molecule has 4 aliphatic rings. The number of rotatable bonds is 15. The third-order valence-electron chi connectivity index (χ3n) is 9.53. The Kier molecular flexibility index (Phi) is 14.2. The molecule has 2 aliphatic carbocycles. The monoisotopic (exact) mass is 563 g/mol. The fraction of sp³-hybridized carbons (Fsp3) is 0.909. The molecule has 7 heteroatoms. The fourth-order valence-electron chi connectivity index (χ4n) is 7.22. The molecule has 0 radical (unpaired) electrons. The van der Waals surface area contributed by atoms with Gasteiger partial charge in [0.15, 0.2) is 12.6 Å². The lowest BCUT2D eigenvalue weighted by atomic mass is 9.83. The third kappa shape index (κ3) is 10.7. The van der Waals surface area contributed by atoms with Crippen LogP contribution in [0.1, 0.15) is 122 Å². The summed E-state index contributed by atoms with van der Waals surface area (Å²) in [6.45, 7) is 3.91. The van der Waals surface area contributed by atoms with E-state index in [1.165, 1.54) is 38.5 Å². The van der Waals surface area contributed by atoms with Crippen LogP contribution in [0.15, 0.2) is 12.2 Å². The summed E-state index contributed by atoms with van der Waals surface area (Å²) < 4.78 is 25.1. The molecule has 0 aromatic heterocycles. The zero-order valence-electron chi connectivity index (χ0n) is 25.1. The zero-order chi connectivity index (χ0) is 28.0. The summed E-state index contributed by atoms with van der Waals surface area (Å²) >= 11 is 0. The maximum atomic E-state index is 11.2. The van der Waals surface area contributed by atoms with Crippen LogP contribution < -0.4 is 5.32 Å². The highest BCUT2D eigenvalue weighted by molar-refractivity contribution is 5.72. The molecule has 0 spiro atoms. The summed E-state index contributed by atoms with van der Waals surface area (Å²) in [7, 11) is 0. The molecule has 0 aromatic rings. The average Bonchev–Trinajstić information content (AvgIpc) is 3.26. The number of hydrogen-bond donors (Lipinski definition) is 2. The molecule has 7 atom stereocenters. The van der Waals surface area contributed by atoms with Crippen molar-refractivity contribution < 1.29 is 28.8 Å². The van der Waals surface area contributed by atoms with Gasteiger partial charge in [-0.25, -0.2) is 0 Å². The van der Waals surface area contributed by atoms with Crippen molar-refractivity contribution in [3.8, 4) is 0 Å². The average molecular weight is 564 g/mol. The molecular formula is C33H57NO6. The first kappa shape index (κ1) is 31.9. The second kappa shape index (κ2) is 17.8. The summed E-state index contributed by atoms with van der Waals surface area (Å²) in [5.41, 5.74) is 0. The second-order valence-corrected chi connectivity index (χ2v) is 12.7.